The Morgan fingerprint density at radius 3 is 2.63 bits per heavy atom. The number of pyridine rings is 1. The summed E-state index contributed by atoms with van der Waals surface area (Å²) in [6.45, 7) is 1.45. The van der Waals surface area contributed by atoms with E-state index in [1.807, 2.05) is 0 Å². The Hall–Kier alpha value is -2.18. The topological polar surface area (TPSA) is 42.0 Å². The number of hydrogen-bond acceptors (Lipinski definition) is 2. The highest BCUT2D eigenvalue weighted by Crippen LogP contribution is 2.37. The van der Waals surface area contributed by atoms with Crippen LogP contribution in [0.2, 0.25) is 0 Å². The number of rotatable bonds is 5. The van der Waals surface area contributed by atoms with Gasteiger partial charge in [-0.25, -0.2) is 4.39 Å². The molecular weight excluding hydrogens is 360 g/mol. The van der Waals surface area contributed by atoms with E-state index in [1.165, 1.54) is 31.3 Å². The largest absolute Gasteiger partial charge is 0.391 e. The van der Waals surface area contributed by atoms with Gasteiger partial charge in [0.05, 0.1) is 12.0 Å². The summed E-state index contributed by atoms with van der Waals surface area (Å²) in [5.41, 5.74) is -1.15. The summed E-state index contributed by atoms with van der Waals surface area (Å²) in [6, 6.07) is 5.81. The fraction of sp³-hybridized carbons (Fsp3) is 0.500. The zero-order chi connectivity index (χ0) is 19.7. The molecule has 0 spiro atoms. The van der Waals surface area contributed by atoms with E-state index in [1.54, 1.807) is 6.07 Å². The quantitative estimate of drug-likeness (QED) is 0.704. The van der Waals surface area contributed by atoms with Gasteiger partial charge in [0.2, 0.25) is 0 Å². The lowest BCUT2D eigenvalue weighted by atomic mass is 9.84. The highest BCUT2D eigenvalue weighted by atomic mass is 19.4. The molecule has 1 atom stereocenters. The van der Waals surface area contributed by atoms with E-state index in [9.17, 15) is 22.4 Å². The van der Waals surface area contributed by atoms with Crippen LogP contribution in [-0.2, 0) is 0 Å². The van der Waals surface area contributed by atoms with Crippen molar-refractivity contribution in [3.05, 3.63) is 41.8 Å². The van der Waals surface area contributed by atoms with Crippen LogP contribution in [0, 0.1) is 11.7 Å². The number of aromatic nitrogens is 1. The molecule has 3 nitrogen and oxygen atoms in total. The molecule has 1 amide bonds. The Kier molecular flexibility index (Phi) is 5.40. The highest BCUT2D eigenvalue weighted by Gasteiger charge is 2.42. The average Bonchev–Trinajstić information content (AvgIpc) is 3.05. The number of amides is 1. The Labute approximate surface area is 155 Å². The van der Waals surface area contributed by atoms with Crippen molar-refractivity contribution in [1.29, 1.82) is 0 Å². The lowest BCUT2D eigenvalue weighted by molar-refractivity contribution is -0.149. The summed E-state index contributed by atoms with van der Waals surface area (Å²) in [7, 11) is 0. The van der Waals surface area contributed by atoms with Crippen molar-refractivity contribution in [2.24, 2.45) is 5.92 Å². The van der Waals surface area contributed by atoms with Crippen molar-refractivity contribution in [2.45, 2.75) is 57.2 Å². The van der Waals surface area contributed by atoms with Gasteiger partial charge < -0.3 is 5.32 Å². The number of nitrogens with zero attached hydrogens (tertiary/aromatic N) is 1. The zero-order valence-corrected chi connectivity index (χ0v) is 15.1. The molecule has 0 saturated heterocycles. The van der Waals surface area contributed by atoms with Gasteiger partial charge in [-0.1, -0.05) is 37.8 Å². The van der Waals surface area contributed by atoms with Gasteiger partial charge in [0.1, 0.15) is 11.3 Å². The minimum Gasteiger partial charge on any atom is -0.346 e. The maximum Gasteiger partial charge on any atom is 0.391 e. The minimum atomic E-state index is -4.38. The molecule has 3 rings (SSSR count). The summed E-state index contributed by atoms with van der Waals surface area (Å²) in [5.74, 6) is -0.956. The number of hydrogen-bond donors (Lipinski definition) is 1. The minimum absolute atomic E-state index is 0.118. The van der Waals surface area contributed by atoms with Gasteiger partial charge in [0.25, 0.3) is 5.91 Å². The van der Waals surface area contributed by atoms with Crippen LogP contribution >= 0.6 is 0 Å². The van der Waals surface area contributed by atoms with E-state index < -0.39 is 29.9 Å². The first-order valence-corrected chi connectivity index (χ1v) is 9.09. The normalized spacial score (nSPS) is 17.8. The molecule has 27 heavy (non-hydrogen) atoms. The van der Waals surface area contributed by atoms with Crippen LogP contribution in [0.25, 0.3) is 10.9 Å². The molecule has 0 aliphatic heterocycles. The van der Waals surface area contributed by atoms with Crippen LogP contribution in [0.1, 0.15) is 55.8 Å². The summed E-state index contributed by atoms with van der Waals surface area (Å²) in [4.78, 5) is 16.6. The summed E-state index contributed by atoms with van der Waals surface area (Å²) < 4.78 is 53.1. The Balaban J connectivity index is 1.82. The molecule has 146 valence electrons. The number of nitrogens with one attached hydrogen (secondary N) is 1. The lowest BCUT2D eigenvalue weighted by Crippen LogP contribution is -2.49. The third kappa shape index (κ3) is 4.96. The first-order valence-electron chi connectivity index (χ1n) is 9.09. The van der Waals surface area contributed by atoms with Crippen LogP contribution in [0.3, 0.4) is 0 Å². The third-order valence-corrected chi connectivity index (χ3v) is 5.14. The number of fused-ring (bicyclic) bond motifs is 1. The number of para-hydroxylation sites is 1. The van der Waals surface area contributed by atoms with Gasteiger partial charge in [-0.15, -0.1) is 0 Å². The summed E-state index contributed by atoms with van der Waals surface area (Å²) in [5, 5.41) is 3.01. The predicted octanol–water partition coefficient (Wildman–Crippen LogP) is 5.40. The van der Waals surface area contributed by atoms with Crippen molar-refractivity contribution < 1.29 is 22.4 Å². The second-order valence-corrected chi connectivity index (χ2v) is 7.70. The predicted molar refractivity (Wildman–Crippen MR) is 94.8 cm³/mol. The molecular formula is C20H22F4N2O. The first-order chi connectivity index (χ1) is 12.7. The fourth-order valence-corrected chi connectivity index (χ4v) is 4.06. The summed E-state index contributed by atoms with van der Waals surface area (Å²) in [6.07, 6.45) is -0.177. The molecule has 1 aromatic heterocycles. The Bertz CT molecular complexity index is 830. The number of alkyl halides is 3. The Morgan fingerprint density at radius 2 is 1.96 bits per heavy atom. The lowest BCUT2D eigenvalue weighted by Gasteiger charge is -2.34. The van der Waals surface area contributed by atoms with E-state index in [-0.39, 0.29) is 23.4 Å². The smallest absolute Gasteiger partial charge is 0.346 e. The van der Waals surface area contributed by atoms with E-state index >= 15 is 0 Å². The van der Waals surface area contributed by atoms with Gasteiger partial charge in [0, 0.05) is 17.1 Å². The van der Waals surface area contributed by atoms with Crippen molar-refractivity contribution in [2.75, 3.05) is 0 Å². The molecule has 1 N–H and O–H groups in total. The second kappa shape index (κ2) is 7.44. The van der Waals surface area contributed by atoms with E-state index in [2.05, 4.69) is 10.3 Å². The molecule has 1 aliphatic carbocycles. The molecule has 1 fully saturated rings. The van der Waals surface area contributed by atoms with Gasteiger partial charge in [-0.2, -0.15) is 13.2 Å². The van der Waals surface area contributed by atoms with Crippen LogP contribution in [0.15, 0.2) is 30.5 Å². The van der Waals surface area contributed by atoms with Crippen molar-refractivity contribution in [3.8, 4) is 0 Å². The van der Waals surface area contributed by atoms with Crippen LogP contribution in [0.4, 0.5) is 17.6 Å². The highest BCUT2D eigenvalue weighted by molar-refractivity contribution is 5.97. The van der Waals surface area contributed by atoms with Crippen molar-refractivity contribution in [1.82, 2.24) is 10.3 Å². The van der Waals surface area contributed by atoms with Gasteiger partial charge in [-0.05, 0) is 31.4 Å². The number of halogens is 4. The van der Waals surface area contributed by atoms with E-state index in [0.29, 0.717) is 5.39 Å². The van der Waals surface area contributed by atoms with Crippen LogP contribution < -0.4 is 5.32 Å². The maximum absolute atomic E-state index is 13.7. The molecule has 0 unspecified atom stereocenters. The molecule has 1 saturated carbocycles. The van der Waals surface area contributed by atoms with Crippen LogP contribution in [0.5, 0.6) is 0 Å². The van der Waals surface area contributed by atoms with E-state index in [4.69, 9.17) is 0 Å². The van der Waals surface area contributed by atoms with Gasteiger partial charge in [0.15, 0.2) is 0 Å². The van der Waals surface area contributed by atoms with Crippen LogP contribution in [-0.4, -0.2) is 22.6 Å². The third-order valence-electron chi connectivity index (χ3n) is 5.14. The SMILES string of the molecule is C[C@@](CC1CCCC1)(CC(F)(F)F)NC(=O)c1cnc2c(F)cccc2c1. The monoisotopic (exact) mass is 382 g/mol. The first kappa shape index (κ1) is 19.6. The van der Waals surface area contributed by atoms with Gasteiger partial charge >= 0.3 is 6.18 Å². The maximum atomic E-state index is 13.7. The number of carbonyl (C=O) groups is 1. The number of carbonyl (C=O) groups excluding carboxylic acids is 1. The molecule has 0 radical (unpaired) electrons. The molecule has 2 aromatic rings. The number of benzene rings is 1. The fourth-order valence-electron chi connectivity index (χ4n) is 4.06. The molecule has 0 bridgehead atoms. The molecule has 1 heterocycles. The van der Waals surface area contributed by atoms with Gasteiger partial charge in [-0.3, -0.25) is 9.78 Å². The van der Waals surface area contributed by atoms with Crippen molar-refractivity contribution in [3.63, 3.8) is 0 Å². The second-order valence-electron chi connectivity index (χ2n) is 7.70. The Morgan fingerprint density at radius 1 is 1.26 bits per heavy atom. The summed E-state index contributed by atoms with van der Waals surface area (Å²) >= 11 is 0. The molecule has 1 aromatic carbocycles. The van der Waals surface area contributed by atoms with Crippen molar-refractivity contribution >= 4 is 16.8 Å². The average molecular weight is 382 g/mol. The zero-order valence-electron chi connectivity index (χ0n) is 15.1. The standard InChI is InChI=1S/C20H22F4N2O/c1-19(12-20(22,23)24,10-13-5-2-3-6-13)26-18(27)15-9-14-7-4-8-16(21)17(14)25-11-15/h4,7-9,11,13H,2-3,5-6,10,12H2,1H3,(H,26,27)/t19-/m1/s1. The van der Waals surface area contributed by atoms with E-state index in [0.717, 1.165) is 25.7 Å². The molecule has 7 heteroatoms. The molecule has 1 aliphatic rings.